The van der Waals surface area contributed by atoms with Crippen LogP contribution >= 0.6 is 0 Å². The number of benzene rings is 1. The van der Waals surface area contributed by atoms with Crippen molar-refractivity contribution < 1.29 is 13.2 Å². The van der Waals surface area contributed by atoms with Crippen molar-refractivity contribution in [2.45, 2.75) is 50.5 Å². The number of aryl methyl sites for hydroxylation is 2. The van der Waals surface area contributed by atoms with Gasteiger partial charge in [-0.15, -0.1) is 0 Å². The molecule has 0 bridgehead atoms. The van der Waals surface area contributed by atoms with Gasteiger partial charge in [0.2, 0.25) is 10.0 Å². The lowest BCUT2D eigenvalue weighted by molar-refractivity contribution is 0.120. The third-order valence-corrected chi connectivity index (χ3v) is 9.11. The maximum absolute atomic E-state index is 13.1. The maximum Gasteiger partial charge on any atom is 0.332 e. The fourth-order valence-corrected chi connectivity index (χ4v) is 6.46. The van der Waals surface area contributed by atoms with E-state index >= 15 is 0 Å². The quantitative estimate of drug-likeness (QED) is 0.516. The summed E-state index contributed by atoms with van der Waals surface area (Å²) in [5.41, 5.74) is 1.75. The Morgan fingerprint density at radius 2 is 1.76 bits per heavy atom. The maximum atomic E-state index is 13.1. The molecule has 3 heterocycles. The summed E-state index contributed by atoms with van der Waals surface area (Å²) in [4.78, 5) is 30.1. The normalized spacial score (nSPS) is 18.0. The zero-order chi connectivity index (χ0) is 24.2. The first-order chi connectivity index (χ1) is 16.2. The predicted octanol–water partition coefficient (Wildman–Crippen LogP) is 1.13. The highest BCUT2D eigenvalue weighted by Gasteiger charge is 2.41. The van der Waals surface area contributed by atoms with Crippen molar-refractivity contribution in [1.29, 1.82) is 0 Å². The van der Waals surface area contributed by atoms with E-state index in [9.17, 15) is 18.0 Å². The van der Waals surface area contributed by atoms with Gasteiger partial charge in [0.25, 0.3) is 11.6 Å². The van der Waals surface area contributed by atoms with Crippen LogP contribution in [0.5, 0.6) is 6.01 Å². The standard InChI is InChI=1S/C23H29N5O5S/c1-15-5-4-6-16(13-15)14-28-19-20(25(2)23(30)26(3)21(19)29)24-22(28)33-17-9-11-27(12-10-17)34(31,32)18-7-8-18/h4-6,13,17-18H,7-12,14H2,1-3H3. The van der Waals surface area contributed by atoms with E-state index < -0.39 is 21.3 Å². The van der Waals surface area contributed by atoms with Crippen LogP contribution in [-0.2, 0) is 30.7 Å². The average Bonchev–Trinajstić information content (AvgIpc) is 3.62. The number of rotatable bonds is 6. The Kier molecular flexibility index (Phi) is 5.64. The second-order valence-electron chi connectivity index (χ2n) is 9.31. The molecule has 1 aliphatic heterocycles. The van der Waals surface area contributed by atoms with Gasteiger partial charge in [0.05, 0.1) is 11.8 Å². The van der Waals surface area contributed by atoms with Crippen molar-refractivity contribution >= 4 is 21.2 Å². The third-order valence-electron chi connectivity index (χ3n) is 6.71. The predicted molar refractivity (Wildman–Crippen MR) is 128 cm³/mol. The highest BCUT2D eigenvalue weighted by atomic mass is 32.2. The molecule has 0 radical (unpaired) electrons. The van der Waals surface area contributed by atoms with Crippen LogP contribution in [-0.4, -0.2) is 55.9 Å². The second-order valence-corrected chi connectivity index (χ2v) is 11.5. The first-order valence-corrected chi connectivity index (χ1v) is 13.0. The number of sulfonamides is 1. The van der Waals surface area contributed by atoms with Gasteiger partial charge in [-0.1, -0.05) is 29.8 Å². The Labute approximate surface area is 197 Å². The molecule has 2 aromatic heterocycles. The molecule has 3 aromatic rings. The van der Waals surface area contributed by atoms with Crippen molar-refractivity contribution in [2.24, 2.45) is 14.1 Å². The summed E-state index contributed by atoms with van der Waals surface area (Å²) in [6, 6.07) is 8.21. The third kappa shape index (κ3) is 3.96. The molecule has 1 saturated heterocycles. The highest BCUT2D eigenvalue weighted by molar-refractivity contribution is 7.90. The zero-order valence-corrected chi connectivity index (χ0v) is 20.4. The molecular formula is C23H29N5O5S. The van der Waals surface area contributed by atoms with Gasteiger partial charge in [-0.2, -0.15) is 4.98 Å². The summed E-state index contributed by atoms with van der Waals surface area (Å²) in [5, 5.41) is -0.221. The lowest BCUT2D eigenvalue weighted by Crippen LogP contribution is -2.43. The molecule has 10 nitrogen and oxygen atoms in total. The number of piperidine rings is 1. The first-order valence-electron chi connectivity index (χ1n) is 11.5. The van der Waals surface area contributed by atoms with E-state index in [-0.39, 0.29) is 23.0 Å². The van der Waals surface area contributed by atoms with Gasteiger partial charge >= 0.3 is 5.69 Å². The second kappa shape index (κ2) is 8.38. The van der Waals surface area contributed by atoms with Gasteiger partial charge in [-0.05, 0) is 38.2 Å². The smallest absolute Gasteiger partial charge is 0.332 e. The molecule has 34 heavy (non-hydrogen) atoms. The fraction of sp³-hybridized carbons (Fsp3) is 0.522. The number of ether oxygens (including phenoxy) is 1. The van der Waals surface area contributed by atoms with E-state index in [1.165, 1.54) is 11.6 Å². The summed E-state index contributed by atoms with van der Waals surface area (Å²) in [5.74, 6) is 0. The Morgan fingerprint density at radius 3 is 2.41 bits per heavy atom. The molecule has 1 aromatic carbocycles. The monoisotopic (exact) mass is 487 g/mol. The van der Waals surface area contributed by atoms with Crippen LogP contribution < -0.4 is 16.0 Å². The molecule has 2 fully saturated rings. The van der Waals surface area contributed by atoms with Crippen molar-refractivity contribution in [2.75, 3.05) is 13.1 Å². The summed E-state index contributed by atoms with van der Waals surface area (Å²) < 4.78 is 37.1. The Hall–Kier alpha value is -2.92. The average molecular weight is 488 g/mol. The summed E-state index contributed by atoms with van der Waals surface area (Å²) in [7, 11) is -0.173. The van der Waals surface area contributed by atoms with Crippen LogP contribution in [0, 0.1) is 6.92 Å². The van der Waals surface area contributed by atoms with Gasteiger partial charge in [-0.3, -0.25) is 18.5 Å². The van der Waals surface area contributed by atoms with Gasteiger partial charge in [-0.25, -0.2) is 17.5 Å². The molecule has 1 aliphatic carbocycles. The zero-order valence-electron chi connectivity index (χ0n) is 19.6. The number of hydrogen-bond donors (Lipinski definition) is 0. The van der Waals surface area contributed by atoms with Crippen LogP contribution in [0.3, 0.4) is 0 Å². The van der Waals surface area contributed by atoms with E-state index in [1.54, 1.807) is 15.9 Å². The van der Waals surface area contributed by atoms with Gasteiger partial charge in [0.15, 0.2) is 11.2 Å². The number of hydrogen-bond acceptors (Lipinski definition) is 6. The molecule has 0 unspecified atom stereocenters. The van der Waals surface area contributed by atoms with Crippen LogP contribution in [0.2, 0.25) is 0 Å². The van der Waals surface area contributed by atoms with Crippen molar-refractivity contribution in [3.63, 3.8) is 0 Å². The molecule has 0 atom stereocenters. The minimum atomic E-state index is -3.20. The highest BCUT2D eigenvalue weighted by Crippen LogP contribution is 2.33. The summed E-state index contributed by atoms with van der Waals surface area (Å²) >= 11 is 0. The number of imidazole rings is 1. The molecule has 0 spiro atoms. The number of fused-ring (bicyclic) bond motifs is 1. The first kappa shape index (κ1) is 22.9. The van der Waals surface area contributed by atoms with Crippen LogP contribution in [0.1, 0.15) is 36.8 Å². The molecule has 1 saturated carbocycles. The molecule has 0 N–H and O–H groups in total. The SMILES string of the molecule is Cc1cccc(Cn2c(OC3CCN(S(=O)(=O)C4CC4)CC3)nc3c2c(=O)n(C)c(=O)n3C)c1. The lowest BCUT2D eigenvalue weighted by atomic mass is 10.1. The minimum Gasteiger partial charge on any atom is -0.461 e. The molecule has 2 aliphatic rings. The Bertz CT molecular complexity index is 1470. The largest absolute Gasteiger partial charge is 0.461 e. The molecule has 0 amide bonds. The van der Waals surface area contributed by atoms with E-state index in [1.807, 2.05) is 31.2 Å². The molecule has 11 heteroatoms. The van der Waals surface area contributed by atoms with Crippen molar-refractivity contribution in [3.05, 3.63) is 56.2 Å². The Balaban J connectivity index is 1.49. The van der Waals surface area contributed by atoms with Crippen molar-refractivity contribution in [3.8, 4) is 6.01 Å². The molecular weight excluding hydrogens is 458 g/mol. The molecule has 5 rings (SSSR count). The van der Waals surface area contributed by atoms with Crippen LogP contribution in [0.4, 0.5) is 0 Å². The van der Waals surface area contributed by atoms with Crippen LogP contribution in [0.25, 0.3) is 11.2 Å². The van der Waals surface area contributed by atoms with E-state index in [0.29, 0.717) is 38.0 Å². The van der Waals surface area contributed by atoms with E-state index in [2.05, 4.69) is 4.98 Å². The van der Waals surface area contributed by atoms with Gasteiger partial charge in [0, 0.05) is 27.2 Å². The van der Waals surface area contributed by atoms with Crippen LogP contribution in [0.15, 0.2) is 33.9 Å². The summed E-state index contributed by atoms with van der Waals surface area (Å²) in [6.07, 6.45) is 2.33. The van der Waals surface area contributed by atoms with Gasteiger partial charge < -0.3 is 4.74 Å². The van der Waals surface area contributed by atoms with E-state index in [0.717, 1.165) is 28.5 Å². The van der Waals surface area contributed by atoms with Crippen molar-refractivity contribution in [1.82, 2.24) is 23.0 Å². The number of nitrogens with zero attached hydrogens (tertiary/aromatic N) is 5. The molecule has 182 valence electrons. The number of aromatic nitrogens is 4. The Morgan fingerprint density at radius 1 is 1.06 bits per heavy atom. The van der Waals surface area contributed by atoms with E-state index in [4.69, 9.17) is 4.74 Å². The van der Waals surface area contributed by atoms with Gasteiger partial charge in [0.1, 0.15) is 6.10 Å². The summed E-state index contributed by atoms with van der Waals surface area (Å²) in [6.45, 7) is 3.17. The lowest BCUT2D eigenvalue weighted by Gasteiger charge is -2.31. The fourth-order valence-electron chi connectivity index (χ4n) is 4.59. The topological polar surface area (TPSA) is 108 Å². The minimum absolute atomic E-state index is 0.221.